The van der Waals surface area contributed by atoms with Crippen molar-refractivity contribution in [2.75, 3.05) is 30.4 Å². The maximum absolute atomic E-state index is 16.1. The Kier molecular flexibility index (Phi) is 11.0. The lowest BCUT2D eigenvalue weighted by Gasteiger charge is -2.44. The Labute approximate surface area is 266 Å². The van der Waals surface area contributed by atoms with Gasteiger partial charge in [0.15, 0.2) is 0 Å². The van der Waals surface area contributed by atoms with E-state index in [0.717, 1.165) is 24.6 Å². The molecule has 3 N–H and O–H groups in total. The summed E-state index contributed by atoms with van der Waals surface area (Å²) >= 11 is 0. The SMILES string of the molecule is C[C@@H]1CN(c2cc(F)c(-c3ccccc3CNC3CCCCC3)cc2NC(=O)c2c[nH]c(=O)cc2C(F)(F)F)C[C@H](C)N1C.Cl. The van der Waals surface area contributed by atoms with Gasteiger partial charge in [-0.1, -0.05) is 43.5 Å². The second-order valence-corrected chi connectivity index (χ2v) is 12.1. The van der Waals surface area contributed by atoms with Crippen molar-refractivity contribution < 1.29 is 22.4 Å². The van der Waals surface area contributed by atoms with Crippen LogP contribution in [0.3, 0.4) is 0 Å². The van der Waals surface area contributed by atoms with Gasteiger partial charge in [0, 0.05) is 55.6 Å². The summed E-state index contributed by atoms with van der Waals surface area (Å²) in [5, 5.41) is 6.24. The molecular formula is C33H40ClF4N5O2. The molecule has 244 valence electrons. The minimum atomic E-state index is -4.93. The van der Waals surface area contributed by atoms with Crippen LogP contribution in [0.4, 0.5) is 28.9 Å². The normalized spacial score (nSPS) is 19.7. The predicted octanol–water partition coefficient (Wildman–Crippen LogP) is 6.83. The summed E-state index contributed by atoms with van der Waals surface area (Å²) in [7, 11) is 2.01. The van der Waals surface area contributed by atoms with E-state index in [9.17, 15) is 22.8 Å². The summed E-state index contributed by atoms with van der Waals surface area (Å²) in [5.74, 6) is -1.56. The van der Waals surface area contributed by atoms with Crippen LogP contribution in [0.2, 0.25) is 0 Å². The third-order valence-electron chi connectivity index (χ3n) is 9.00. The number of benzene rings is 2. The monoisotopic (exact) mass is 649 g/mol. The first-order chi connectivity index (χ1) is 20.9. The Morgan fingerprint density at radius 2 is 1.67 bits per heavy atom. The van der Waals surface area contributed by atoms with E-state index in [1.54, 1.807) is 0 Å². The second-order valence-electron chi connectivity index (χ2n) is 12.1. The maximum Gasteiger partial charge on any atom is 0.417 e. The molecule has 0 unspecified atom stereocenters. The molecular weight excluding hydrogens is 610 g/mol. The number of nitrogens with one attached hydrogen (secondary N) is 3. The van der Waals surface area contributed by atoms with E-state index in [-0.39, 0.29) is 35.7 Å². The summed E-state index contributed by atoms with van der Waals surface area (Å²) in [4.78, 5) is 31.4. The number of aromatic amines is 1. The number of nitrogens with zero attached hydrogens (tertiary/aromatic N) is 2. The molecule has 1 saturated carbocycles. The molecule has 5 rings (SSSR count). The molecule has 1 aromatic heterocycles. The van der Waals surface area contributed by atoms with Crippen molar-refractivity contribution in [2.24, 2.45) is 0 Å². The Bertz CT molecular complexity index is 1540. The van der Waals surface area contributed by atoms with Crippen LogP contribution < -0.4 is 21.1 Å². The number of pyridine rings is 1. The van der Waals surface area contributed by atoms with Crippen molar-refractivity contribution in [3.05, 3.63) is 81.5 Å². The number of hydrogen-bond donors (Lipinski definition) is 3. The number of anilines is 2. The van der Waals surface area contributed by atoms with E-state index in [2.05, 4.69) is 20.5 Å². The van der Waals surface area contributed by atoms with Crippen LogP contribution in [-0.2, 0) is 12.7 Å². The number of alkyl halides is 3. The zero-order valence-corrected chi connectivity index (χ0v) is 26.5. The molecule has 2 fully saturated rings. The highest BCUT2D eigenvalue weighted by atomic mass is 35.5. The highest BCUT2D eigenvalue weighted by Crippen LogP contribution is 2.38. The van der Waals surface area contributed by atoms with Gasteiger partial charge in [0.25, 0.3) is 5.91 Å². The summed E-state index contributed by atoms with van der Waals surface area (Å²) in [5.41, 5.74) is -0.740. The zero-order chi connectivity index (χ0) is 31.6. The molecule has 1 aliphatic heterocycles. The lowest BCUT2D eigenvalue weighted by Crippen LogP contribution is -2.55. The van der Waals surface area contributed by atoms with Crippen LogP contribution in [0.1, 0.15) is 67.4 Å². The number of carbonyl (C=O) groups is 1. The largest absolute Gasteiger partial charge is 0.417 e. The highest BCUT2D eigenvalue weighted by molar-refractivity contribution is 6.07. The Morgan fingerprint density at radius 3 is 2.33 bits per heavy atom. The van der Waals surface area contributed by atoms with Crippen molar-refractivity contribution in [1.29, 1.82) is 0 Å². The van der Waals surface area contributed by atoms with E-state index in [1.807, 2.05) is 50.1 Å². The summed E-state index contributed by atoms with van der Waals surface area (Å²) in [6, 6.07) is 11.3. The summed E-state index contributed by atoms with van der Waals surface area (Å²) in [6.07, 6.45) is 1.60. The van der Waals surface area contributed by atoms with Gasteiger partial charge >= 0.3 is 6.18 Å². The molecule has 2 atom stereocenters. The van der Waals surface area contributed by atoms with Crippen molar-refractivity contribution in [1.82, 2.24) is 15.2 Å². The number of rotatable bonds is 7. The summed E-state index contributed by atoms with van der Waals surface area (Å²) in [6.45, 7) is 5.66. The van der Waals surface area contributed by atoms with E-state index in [0.29, 0.717) is 43.0 Å². The van der Waals surface area contributed by atoms with Crippen LogP contribution in [0.25, 0.3) is 11.1 Å². The predicted molar refractivity (Wildman–Crippen MR) is 172 cm³/mol. The van der Waals surface area contributed by atoms with Gasteiger partial charge in [-0.05, 0) is 57.0 Å². The number of hydrogen-bond acceptors (Lipinski definition) is 5. The fourth-order valence-corrected chi connectivity index (χ4v) is 6.31. The summed E-state index contributed by atoms with van der Waals surface area (Å²) < 4.78 is 57.5. The molecule has 0 bridgehead atoms. The van der Waals surface area contributed by atoms with Crippen LogP contribution in [0, 0.1) is 5.82 Å². The number of piperazine rings is 1. The molecule has 1 amide bonds. The smallest absolute Gasteiger partial charge is 0.367 e. The zero-order valence-electron chi connectivity index (χ0n) is 25.6. The van der Waals surface area contributed by atoms with Gasteiger partial charge in [0.1, 0.15) is 5.82 Å². The average molecular weight is 650 g/mol. The molecule has 2 heterocycles. The fourth-order valence-electron chi connectivity index (χ4n) is 6.31. The number of amides is 1. The van der Waals surface area contributed by atoms with Crippen molar-refractivity contribution in [3.63, 3.8) is 0 Å². The lowest BCUT2D eigenvalue weighted by atomic mass is 9.94. The topological polar surface area (TPSA) is 80.5 Å². The van der Waals surface area contributed by atoms with E-state index < -0.39 is 34.6 Å². The van der Waals surface area contributed by atoms with E-state index in [1.165, 1.54) is 31.4 Å². The molecule has 45 heavy (non-hydrogen) atoms. The van der Waals surface area contributed by atoms with Gasteiger partial charge in [-0.15, -0.1) is 12.4 Å². The van der Waals surface area contributed by atoms with Gasteiger partial charge in [0.2, 0.25) is 5.56 Å². The number of aromatic nitrogens is 1. The number of halogens is 5. The standard InChI is InChI=1S/C33H39F4N5O2.ClH/c1-20-18-42(19-21(2)41(20)3)30-15-28(34)25(24-12-8-7-9-22(24)16-38-23-10-5-4-6-11-23)13-29(30)40-32(44)26-17-39-31(43)14-27(26)33(35,36)37;/h7-9,12-15,17,20-21,23,38H,4-6,10-11,16,18-19H2,1-3H3,(H,39,43)(H,40,44);1H/t20-,21+;. The van der Waals surface area contributed by atoms with E-state index >= 15 is 4.39 Å². The number of carbonyl (C=O) groups excluding carboxylic acids is 1. The van der Waals surface area contributed by atoms with Gasteiger partial charge in [-0.25, -0.2) is 4.39 Å². The minimum Gasteiger partial charge on any atom is -0.367 e. The maximum atomic E-state index is 16.1. The Hall–Kier alpha value is -3.41. The first-order valence-electron chi connectivity index (χ1n) is 15.2. The van der Waals surface area contributed by atoms with Gasteiger partial charge in [-0.2, -0.15) is 13.2 Å². The van der Waals surface area contributed by atoms with Crippen LogP contribution in [0.5, 0.6) is 0 Å². The number of H-pyrrole nitrogens is 1. The lowest BCUT2D eigenvalue weighted by molar-refractivity contribution is -0.138. The first kappa shape index (κ1) is 34.5. The third-order valence-corrected chi connectivity index (χ3v) is 9.00. The van der Waals surface area contributed by atoms with Crippen LogP contribution in [-0.4, -0.2) is 54.1 Å². The van der Waals surface area contributed by atoms with Crippen molar-refractivity contribution >= 4 is 29.7 Å². The van der Waals surface area contributed by atoms with Crippen LogP contribution >= 0.6 is 12.4 Å². The molecule has 0 radical (unpaired) electrons. The molecule has 3 aromatic rings. The quantitative estimate of drug-likeness (QED) is 0.245. The molecule has 1 saturated heterocycles. The van der Waals surface area contributed by atoms with Gasteiger partial charge in [0.05, 0.1) is 22.5 Å². The van der Waals surface area contributed by atoms with Gasteiger partial charge < -0.3 is 20.5 Å². The Balaban J connectivity index is 0.00000461. The average Bonchev–Trinajstić information content (AvgIpc) is 2.99. The first-order valence-corrected chi connectivity index (χ1v) is 15.2. The van der Waals surface area contributed by atoms with E-state index in [4.69, 9.17) is 0 Å². The van der Waals surface area contributed by atoms with Crippen LogP contribution in [0.15, 0.2) is 53.5 Å². The molecule has 2 aromatic carbocycles. The second kappa shape index (κ2) is 14.3. The minimum absolute atomic E-state index is 0. The molecule has 0 spiro atoms. The molecule has 12 heteroatoms. The number of likely N-dealkylation sites (N-methyl/N-ethyl adjacent to an activating group) is 1. The Morgan fingerprint density at radius 1 is 1.00 bits per heavy atom. The third kappa shape index (κ3) is 7.88. The van der Waals surface area contributed by atoms with Crippen molar-refractivity contribution in [3.8, 4) is 11.1 Å². The fraction of sp³-hybridized carbons (Fsp3) is 0.455. The van der Waals surface area contributed by atoms with Crippen molar-refractivity contribution in [2.45, 2.75) is 76.8 Å². The molecule has 2 aliphatic rings. The molecule has 1 aliphatic carbocycles. The molecule has 7 nitrogen and oxygen atoms in total. The van der Waals surface area contributed by atoms with Gasteiger partial charge in [-0.3, -0.25) is 14.5 Å². The highest BCUT2D eigenvalue weighted by Gasteiger charge is 2.36.